The van der Waals surface area contributed by atoms with Crippen LogP contribution < -0.4 is 4.72 Å². The van der Waals surface area contributed by atoms with Crippen molar-refractivity contribution in [1.82, 2.24) is 4.72 Å². The third-order valence-electron chi connectivity index (χ3n) is 3.92. The maximum Gasteiger partial charge on any atom is 0.307 e. The third kappa shape index (κ3) is 3.45. The number of fused-ring (bicyclic) bond motifs is 1. The zero-order valence-electron chi connectivity index (χ0n) is 13.4. The zero-order valence-corrected chi connectivity index (χ0v) is 14.2. The van der Waals surface area contributed by atoms with Crippen LogP contribution >= 0.6 is 0 Å². The van der Waals surface area contributed by atoms with Crippen molar-refractivity contribution in [2.24, 2.45) is 0 Å². The summed E-state index contributed by atoms with van der Waals surface area (Å²) in [5.41, 5.74) is 0.910. The Kier molecular flexibility index (Phi) is 4.84. The standard InChI is InChI=1S/C16H22FNO3S/c1-15(2,3)22(20)18-16(10-14(19)21-4)8-7-11-9-12(17)5-6-13(11)16/h5-6,9,18H,7-8,10H2,1-4H3/t16-,22+/m1/s1. The third-order valence-corrected chi connectivity index (χ3v) is 5.61. The molecule has 6 heteroatoms. The number of carbonyl (C=O) groups excluding carboxylic acids is 1. The summed E-state index contributed by atoms with van der Waals surface area (Å²) < 4.78 is 33.4. The van der Waals surface area contributed by atoms with Gasteiger partial charge in [0, 0.05) is 11.4 Å². The number of ether oxygens (including phenoxy) is 1. The smallest absolute Gasteiger partial charge is 0.307 e. The van der Waals surface area contributed by atoms with Gasteiger partial charge < -0.3 is 9.29 Å². The van der Waals surface area contributed by atoms with Gasteiger partial charge in [0.25, 0.3) is 0 Å². The van der Waals surface area contributed by atoms with E-state index in [-0.39, 0.29) is 18.2 Å². The first-order valence-corrected chi connectivity index (χ1v) is 8.38. The highest BCUT2D eigenvalue weighted by Gasteiger charge is 2.46. The van der Waals surface area contributed by atoms with Gasteiger partial charge in [0.2, 0.25) is 0 Å². The number of halogens is 1. The molecule has 2 atom stereocenters. The number of methoxy groups -OCH3 is 1. The molecule has 0 heterocycles. The normalized spacial score (nSPS) is 22.3. The predicted octanol–water partition coefficient (Wildman–Crippen LogP) is 2.58. The van der Waals surface area contributed by atoms with Crippen molar-refractivity contribution in [3.63, 3.8) is 0 Å². The van der Waals surface area contributed by atoms with E-state index in [9.17, 15) is 13.7 Å². The lowest BCUT2D eigenvalue weighted by atomic mass is 9.89. The average molecular weight is 327 g/mol. The SMILES string of the molecule is COC(=O)C[C@]1(N[S@@+]([O-])C(C)(C)C)CCc2cc(F)ccc21. The van der Waals surface area contributed by atoms with E-state index in [4.69, 9.17) is 4.74 Å². The van der Waals surface area contributed by atoms with Gasteiger partial charge in [-0.05, 0) is 56.9 Å². The highest BCUT2D eigenvalue weighted by atomic mass is 32.2. The number of nitrogens with one attached hydrogen (secondary N) is 1. The summed E-state index contributed by atoms with van der Waals surface area (Å²) in [6.45, 7) is 5.59. The second-order valence-corrected chi connectivity index (χ2v) is 8.59. The van der Waals surface area contributed by atoms with Crippen LogP contribution in [0.5, 0.6) is 0 Å². The Morgan fingerprint density at radius 1 is 1.50 bits per heavy atom. The fourth-order valence-corrected chi connectivity index (χ4v) is 3.64. The number of aryl methyl sites for hydroxylation is 1. The molecule has 0 aromatic heterocycles. The first-order valence-electron chi connectivity index (χ1n) is 7.23. The van der Waals surface area contributed by atoms with Gasteiger partial charge in [-0.15, -0.1) is 4.72 Å². The van der Waals surface area contributed by atoms with E-state index in [0.29, 0.717) is 12.8 Å². The molecule has 0 unspecified atom stereocenters. The molecule has 22 heavy (non-hydrogen) atoms. The second-order valence-electron chi connectivity index (χ2n) is 6.62. The molecule has 0 saturated heterocycles. The van der Waals surface area contributed by atoms with Crippen LogP contribution in [0.2, 0.25) is 0 Å². The first kappa shape index (κ1) is 17.2. The van der Waals surface area contributed by atoms with Gasteiger partial charge in [-0.25, -0.2) is 4.39 Å². The lowest BCUT2D eigenvalue weighted by Crippen LogP contribution is -2.51. The maximum absolute atomic E-state index is 13.4. The molecule has 0 amide bonds. The number of carbonyl (C=O) groups is 1. The Balaban J connectivity index is 2.39. The molecule has 0 spiro atoms. The zero-order chi connectivity index (χ0) is 16.5. The number of benzene rings is 1. The molecule has 122 valence electrons. The summed E-state index contributed by atoms with van der Waals surface area (Å²) >= 11 is -1.35. The van der Waals surface area contributed by atoms with Crippen LogP contribution in [0.4, 0.5) is 4.39 Å². The minimum atomic E-state index is -1.35. The van der Waals surface area contributed by atoms with E-state index in [0.717, 1.165) is 11.1 Å². The number of rotatable bonds is 4. The molecule has 0 saturated carbocycles. The Labute approximate surface area is 133 Å². The van der Waals surface area contributed by atoms with Crippen LogP contribution in [0.25, 0.3) is 0 Å². The van der Waals surface area contributed by atoms with Crippen LogP contribution in [0.1, 0.15) is 44.7 Å². The predicted molar refractivity (Wildman–Crippen MR) is 84.1 cm³/mol. The molecule has 0 bridgehead atoms. The van der Waals surface area contributed by atoms with Crippen LogP contribution in [-0.2, 0) is 32.9 Å². The minimum Gasteiger partial charge on any atom is -0.598 e. The van der Waals surface area contributed by atoms with Gasteiger partial charge in [-0.3, -0.25) is 4.79 Å². The van der Waals surface area contributed by atoms with Gasteiger partial charge >= 0.3 is 5.97 Å². The van der Waals surface area contributed by atoms with E-state index in [1.165, 1.54) is 19.2 Å². The van der Waals surface area contributed by atoms with Crippen molar-refractivity contribution < 1.29 is 18.5 Å². The molecule has 4 nitrogen and oxygen atoms in total. The van der Waals surface area contributed by atoms with Gasteiger partial charge in [-0.2, -0.15) is 0 Å². The minimum absolute atomic E-state index is 0.0734. The summed E-state index contributed by atoms with van der Waals surface area (Å²) in [4.78, 5) is 11.8. The van der Waals surface area contributed by atoms with Crippen LogP contribution in [0.15, 0.2) is 18.2 Å². The Bertz CT molecular complexity index is 573. The molecule has 1 aromatic rings. The topological polar surface area (TPSA) is 61.4 Å². The van der Waals surface area contributed by atoms with Crippen molar-refractivity contribution in [3.8, 4) is 0 Å². The van der Waals surface area contributed by atoms with Crippen molar-refractivity contribution in [2.75, 3.05) is 7.11 Å². The Morgan fingerprint density at radius 2 is 2.18 bits per heavy atom. The summed E-state index contributed by atoms with van der Waals surface area (Å²) in [6, 6.07) is 4.53. The largest absolute Gasteiger partial charge is 0.598 e. The molecular weight excluding hydrogens is 305 g/mol. The van der Waals surface area contributed by atoms with Gasteiger partial charge in [0.15, 0.2) is 0 Å². The Morgan fingerprint density at radius 3 is 2.77 bits per heavy atom. The average Bonchev–Trinajstić information content (AvgIpc) is 2.75. The van der Waals surface area contributed by atoms with Gasteiger partial charge in [0.1, 0.15) is 10.6 Å². The molecule has 0 radical (unpaired) electrons. The fourth-order valence-electron chi connectivity index (χ4n) is 2.69. The van der Waals surface area contributed by atoms with E-state index in [2.05, 4.69) is 4.72 Å². The van der Waals surface area contributed by atoms with Gasteiger partial charge in [0.05, 0.1) is 19.1 Å². The summed E-state index contributed by atoms with van der Waals surface area (Å²) in [6.07, 6.45) is 1.30. The van der Waals surface area contributed by atoms with Crippen molar-refractivity contribution in [2.45, 2.75) is 50.3 Å². The van der Waals surface area contributed by atoms with Crippen molar-refractivity contribution in [1.29, 1.82) is 0 Å². The van der Waals surface area contributed by atoms with Crippen molar-refractivity contribution in [3.05, 3.63) is 35.1 Å². The van der Waals surface area contributed by atoms with Crippen LogP contribution in [0.3, 0.4) is 0 Å². The van der Waals surface area contributed by atoms with E-state index in [1.54, 1.807) is 6.07 Å². The molecule has 1 N–H and O–H groups in total. The number of esters is 1. The van der Waals surface area contributed by atoms with Crippen LogP contribution in [0, 0.1) is 5.82 Å². The van der Waals surface area contributed by atoms with E-state index < -0.39 is 21.6 Å². The van der Waals surface area contributed by atoms with E-state index in [1.807, 2.05) is 20.8 Å². The Hall–Kier alpha value is -1.11. The molecule has 1 aliphatic rings. The maximum atomic E-state index is 13.4. The highest BCUT2D eigenvalue weighted by molar-refractivity contribution is 7.90. The lowest BCUT2D eigenvalue weighted by Gasteiger charge is -2.34. The van der Waals surface area contributed by atoms with Crippen molar-refractivity contribution >= 4 is 17.3 Å². The highest BCUT2D eigenvalue weighted by Crippen LogP contribution is 2.41. The van der Waals surface area contributed by atoms with Gasteiger partial charge in [-0.1, -0.05) is 6.07 Å². The quantitative estimate of drug-likeness (QED) is 0.682. The molecule has 1 aliphatic carbocycles. The monoisotopic (exact) mass is 327 g/mol. The molecule has 1 aromatic carbocycles. The summed E-state index contributed by atoms with van der Waals surface area (Å²) in [7, 11) is 1.33. The number of hydrogen-bond donors (Lipinski definition) is 1. The molecular formula is C16H22FNO3S. The molecule has 0 fully saturated rings. The summed E-state index contributed by atoms with van der Waals surface area (Å²) in [5.74, 6) is -0.680. The molecule has 0 aliphatic heterocycles. The van der Waals surface area contributed by atoms with E-state index >= 15 is 0 Å². The second kappa shape index (κ2) is 6.18. The molecule has 2 rings (SSSR count). The summed E-state index contributed by atoms with van der Waals surface area (Å²) in [5, 5.41) is 0. The van der Waals surface area contributed by atoms with Crippen LogP contribution in [-0.4, -0.2) is 22.4 Å². The first-order chi connectivity index (χ1) is 10.2. The number of hydrogen-bond acceptors (Lipinski definition) is 4. The lowest BCUT2D eigenvalue weighted by molar-refractivity contribution is -0.142. The fraction of sp³-hybridized carbons (Fsp3) is 0.562.